The molecule has 5 nitrogen and oxygen atoms in total. The van der Waals surface area contributed by atoms with Gasteiger partial charge < -0.3 is 20.5 Å². The minimum absolute atomic E-state index is 0.0442. The van der Waals surface area contributed by atoms with E-state index in [1.807, 2.05) is 24.3 Å². The zero-order chi connectivity index (χ0) is 17.9. The average Bonchev–Trinajstić information content (AvgIpc) is 2.55. The third-order valence-electron chi connectivity index (χ3n) is 3.81. The van der Waals surface area contributed by atoms with E-state index in [1.165, 1.54) is 19.8 Å². The highest BCUT2D eigenvalue weighted by Crippen LogP contribution is 2.34. The van der Waals surface area contributed by atoms with E-state index in [0.717, 1.165) is 0 Å². The van der Waals surface area contributed by atoms with Gasteiger partial charge in [0.25, 0.3) is 5.91 Å². The van der Waals surface area contributed by atoms with Crippen LogP contribution < -0.4 is 20.5 Å². The first-order valence-electron chi connectivity index (χ1n) is 7.69. The molecule has 0 aliphatic heterocycles. The van der Waals surface area contributed by atoms with E-state index in [1.54, 1.807) is 12.1 Å². The number of ether oxygens (including phenoxy) is 2. The van der Waals surface area contributed by atoms with E-state index < -0.39 is 0 Å². The number of carbonyl (C=O) groups excluding carboxylic acids is 1. The van der Waals surface area contributed by atoms with Crippen LogP contribution in [-0.4, -0.2) is 20.1 Å². The van der Waals surface area contributed by atoms with Crippen LogP contribution in [0.3, 0.4) is 0 Å². The molecule has 0 aliphatic rings. The van der Waals surface area contributed by atoms with Crippen molar-refractivity contribution in [2.75, 3.05) is 25.3 Å². The third kappa shape index (κ3) is 3.79. The lowest BCUT2D eigenvalue weighted by Gasteiger charge is -2.19. The molecule has 0 heterocycles. The number of anilines is 2. The van der Waals surface area contributed by atoms with Gasteiger partial charge in [-0.15, -0.1) is 0 Å². The number of nitrogens with one attached hydrogen (secondary N) is 1. The highest BCUT2D eigenvalue weighted by atomic mass is 16.5. The van der Waals surface area contributed by atoms with Crippen molar-refractivity contribution in [1.29, 1.82) is 0 Å². The predicted molar refractivity (Wildman–Crippen MR) is 97.1 cm³/mol. The topological polar surface area (TPSA) is 73.6 Å². The Labute approximate surface area is 142 Å². The molecule has 0 saturated heterocycles. The van der Waals surface area contributed by atoms with Crippen LogP contribution in [-0.2, 0) is 5.41 Å². The molecule has 0 bridgehead atoms. The van der Waals surface area contributed by atoms with Crippen LogP contribution in [0.15, 0.2) is 36.4 Å². The number of hydrogen-bond donors (Lipinski definition) is 2. The second-order valence-corrected chi connectivity index (χ2v) is 6.58. The monoisotopic (exact) mass is 328 g/mol. The van der Waals surface area contributed by atoms with Crippen LogP contribution in [0.2, 0.25) is 0 Å². The normalized spacial score (nSPS) is 11.0. The summed E-state index contributed by atoms with van der Waals surface area (Å²) in [6.45, 7) is 6.40. The summed E-state index contributed by atoms with van der Waals surface area (Å²) in [6, 6.07) is 10.8. The molecule has 2 rings (SSSR count). The van der Waals surface area contributed by atoms with Crippen molar-refractivity contribution in [2.24, 2.45) is 0 Å². The Hall–Kier alpha value is -2.69. The molecule has 0 unspecified atom stereocenters. The Morgan fingerprint density at radius 2 is 1.58 bits per heavy atom. The molecule has 24 heavy (non-hydrogen) atoms. The molecule has 0 saturated carbocycles. The van der Waals surface area contributed by atoms with Gasteiger partial charge in [0.15, 0.2) is 0 Å². The molecule has 0 radical (unpaired) electrons. The van der Waals surface area contributed by atoms with E-state index in [2.05, 4.69) is 26.1 Å². The second-order valence-electron chi connectivity index (χ2n) is 6.58. The molecule has 2 aromatic rings. The number of benzene rings is 2. The molecule has 3 N–H and O–H groups in total. The molecule has 0 aliphatic carbocycles. The summed E-state index contributed by atoms with van der Waals surface area (Å²) in [5.41, 5.74) is 8.60. The van der Waals surface area contributed by atoms with Gasteiger partial charge in [0.1, 0.15) is 11.5 Å². The summed E-state index contributed by atoms with van der Waals surface area (Å²) in [4.78, 5) is 12.5. The Kier molecular flexibility index (Phi) is 5.02. The van der Waals surface area contributed by atoms with Crippen molar-refractivity contribution in [3.8, 4) is 11.5 Å². The van der Waals surface area contributed by atoms with Gasteiger partial charge in [-0.3, -0.25) is 4.79 Å². The van der Waals surface area contributed by atoms with Crippen LogP contribution in [0.1, 0.15) is 36.7 Å². The van der Waals surface area contributed by atoms with Gasteiger partial charge in [-0.05, 0) is 23.1 Å². The van der Waals surface area contributed by atoms with Crippen LogP contribution in [0.4, 0.5) is 11.4 Å². The first-order valence-corrected chi connectivity index (χ1v) is 7.69. The number of hydrogen-bond acceptors (Lipinski definition) is 4. The van der Waals surface area contributed by atoms with Crippen LogP contribution in [0.5, 0.6) is 11.5 Å². The maximum absolute atomic E-state index is 12.5. The maximum atomic E-state index is 12.5. The molecule has 0 atom stereocenters. The van der Waals surface area contributed by atoms with Crippen molar-refractivity contribution in [3.63, 3.8) is 0 Å². The Morgan fingerprint density at radius 1 is 1.00 bits per heavy atom. The van der Waals surface area contributed by atoms with Crippen LogP contribution in [0, 0.1) is 0 Å². The fourth-order valence-corrected chi connectivity index (χ4v) is 2.34. The quantitative estimate of drug-likeness (QED) is 0.836. The largest absolute Gasteiger partial charge is 0.495 e. The standard InChI is InChI=1S/C19H24N2O3/c1-19(2,3)13-8-6-12(7-9-13)18(22)21-15-11-16(23-4)14(20)10-17(15)24-5/h6-11H,20H2,1-5H3,(H,21,22). The molecule has 2 aromatic carbocycles. The summed E-state index contributed by atoms with van der Waals surface area (Å²) >= 11 is 0. The predicted octanol–water partition coefficient (Wildman–Crippen LogP) is 3.84. The lowest BCUT2D eigenvalue weighted by atomic mass is 9.87. The molecule has 5 heteroatoms. The Bertz CT molecular complexity index is 732. The highest BCUT2D eigenvalue weighted by Gasteiger charge is 2.16. The minimum atomic E-state index is -0.222. The average molecular weight is 328 g/mol. The molecule has 0 fully saturated rings. The van der Waals surface area contributed by atoms with Crippen molar-refractivity contribution in [3.05, 3.63) is 47.5 Å². The van der Waals surface area contributed by atoms with Gasteiger partial charge in [0, 0.05) is 17.7 Å². The summed E-state index contributed by atoms with van der Waals surface area (Å²) in [5.74, 6) is 0.739. The molecule has 0 spiro atoms. The maximum Gasteiger partial charge on any atom is 0.255 e. The Morgan fingerprint density at radius 3 is 2.08 bits per heavy atom. The van der Waals surface area contributed by atoms with Crippen LogP contribution in [0.25, 0.3) is 0 Å². The lowest BCUT2D eigenvalue weighted by Crippen LogP contribution is -2.15. The summed E-state index contributed by atoms with van der Waals surface area (Å²) in [5, 5.41) is 2.84. The number of methoxy groups -OCH3 is 2. The zero-order valence-electron chi connectivity index (χ0n) is 14.8. The van der Waals surface area contributed by atoms with Gasteiger partial charge in [-0.1, -0.05) is 32.9 Å². The number of nitrogens with two attached hydrogens (primary N) is 1. The van der Waals surface area contributed by atoms with Crippen LogP contribution >= 0.6 is 0 Å². The van der Waals surface area contributed by atoms with Gasteiger partial charge in [0.05, 0.1) is 25.6 Å². The van der Waals surface area contributed by atoms with Crippen molar-refractivity contribution >= 4 is 17.3 Å². The highest BCUT2D eigenvalue weighted by molar-refractivity contribution is 6.05. The zero-order valence-corrected chi connectivity index (χ0v) is 14.8. The van der Waals surface area contributed by atoms with E-state index >= 15 is 0 Å². The molecular weight excluding hydrogens is 304 g/mol. The summed E-state index contributed by atoms with van der Waals surface area (Å²) in [6.07, 6.45) is 0. The lowest BCUT2D eigenvalue weighted by molar-refractivity contribution is 0.102. The molecule has 0 aromatic heterocycles. The Balaban J connectivity index is 2.26. The van der Waals surface area contributed by atoms with Crippen molar-refractivity contribution in [1.82, 2.24) is 0 Å². The number of amides is 1. The minimum Gasteiger partial charge on any atom is -0.495 e. The molecular formula is C19H24N2O3. The van der Waals surface area contributed by atoms with Gasteiger partial charge in [0.2, 0.25) is 0 Å². The van der Waals surface area contributed by atoms with Gasteiger partial charge in [-0.25, -0.2) is 0 Å². The number of rotatable bonds is 4. The van der Waals surface area contributed by atoms with E-state index in [4.69, 9.17) is 15.2 Å². The first kappa shape index (κ1) is 17.7. The van der Waals surface area contributed by atoms with E-state index in [9.17, 15) is 4.79 Å². The third-order valence-corrected chi connectivity index (χ3v) is 3.81. The van der Waals surface area contributed by atoms with E-state index in [0.29, 0.717) is 28.4 Å². The fraction of sp³-hybridized carbons (Fsp3) is 0.316. The second kappa shape index (κ2) is 6.83. The molecule has 128 valence electrons. The summed E-state index contributed by atoms with van der Waals surface area (Å²) in [7, 11) is 3.05. The number of nitrogen functional groups attached to an aromatic ring is 1. The fourth-order valence-electron chi connectivity index (χ4n) is 2.34. The van der Waals surface area contributed by atoms with Crippen molar-refractivity contribution in [2.45, 2.75) is 26.2 Å². The smallest absolute Gasteiger partial charge is 0.255 e. The van der Waals surface area contributed by atoms with E-state index in [-0.39, 0.29) is 11.3 Å². The number of carbonyl (C=O) groups is 1. The first-order chi connectivity index (χ1) is 11.3. The van der Waals surface area contributed by atoms with Gasteiger partial charge in [-0.2, -0.15) is 0 Å². The summed E-state index contributed by atoms with van der Waals surface area (Å²) < 4.78 is 10.5. The SMILES string of the molecule is COc1cc(NC(=O)c2ccc(C(C)(C)C)cc2)c(OC)cc1N. The van der Waals surface area contributed by atoms with Gasteiger partial charge >= 0.3 is 0 Å². The van der Waals surface area contributed by atoms with Crippen molar-refractivity contribution < 1.29 is 14.3 Å². The molecule has 1 amide bonds.